The molecule has 1 atom stereocenters. The Balaban J connectivity index is 1.57. The van der Waals surface area contributed by atoms with E-state index in [1.54, 1.807) is 21.9 Å². The SMILES string of the molecule is C=S1(=O)CCC(C(=O)N2CCN(c3noc(C(F)F)n3)CC2c2ccc(F)cc2)CC1. The number of hydrogen-bond acceptors (Lipinski definition) is 6. The van der Waals surface area contributed by atoms with Crippen molar-refractivity contribution in [3.8, 4) is 0 Å². The van der Waals surface area contributed by atoms with Crippen LogP contribution in [0.4, 0.5) is 19.1 Å². The highest BCUT2D eigenvalue weighted by Gasteiger charge is 2.37. The van der Waals surface area contributed by atoms with Crippen LogP contribution in [0.15, 0.2) is 28.8 Å². The van der Waals surface area contributed by atoms with Crippen molar-refractivity contribution < 1.29 is 26.7 Å². The molecule has 0 N–H and O–H groups in total. The van der Waals surface area contributed by atoms with Gasteiger partial charge in [-0.15, -0.1) is 0 Å². The van der Waals surface area contributed by atoms with E-state index in [9.17, 15) is 22.2 Å². The van der Waals surface area contributed by atoms with Gasteiger partial charge >= 0.3 is 6.43 Å². The molecule has 2 fully saturated rings. The van der Waals surface area contributed by atoms with Crippen LogP contribution in [0.3, 0.4) is 0 Å². The van der Waals surface area contributed by atoms with Gasteiger partial charge in [0.05, 0.1) is 6.04 Å². The van der Waals surface area contributed by atoms with Gasteiger partial charge in [0.25, 0.3) is 11.8 Å². The van der Waals surface area contributed by atoms with E-state index in [4.69, 9.17) is 0 Å². The summed E-state index contributed by atoms with van der Waals surface area (Å²) < 4.78 is 55.9. The van der Waals surface area contributed by atoms with E-state index in [1.807, 2.05) is 0 Å². The van der Waals surface area contributed by atoms with Gasteiger partial charge in [0.15, 0.2) is 0 Å². The molecule has 0 radical (unpaired) electrons. The van der Waals surface area contributed by atoms with Crippen LogP contribution in [0.1, 0.15) is 36.8 Å². The number of rotatable bonds is 4. The Bertz CT molecular complexity index is 1030. The highest BCUT2D eigenvalue weighted by atomic mass is 32.2. The van der Waals surface area contributed by atoms with E-state index in [1.165, 1.54) is 12.1 Å². The molecule has 168 valence electrons. The fourth-order valence-corrected chi connectivity index (χ4v) is 5.72. The third-order valence-electron chi connectivity index (χ3n) is 5.84. The zero-order chi connectivity index (χ0) is 22.2. The monoisotopic (exact) mass is 456 g/mol. The maximum atomic E-state index is 13.5. The fraction of sp³-hybridized carbons (Fsp3) is 0.500. The largest absolute Gasteiger partial charge is 0.334 e. The van der Waals surface area contributed by atoms with Crippen LogP contribution in [0.5, 0.6) is 0 Å². The number of alkyl halides is 2. The standard InChI is InChI=1S/C20H23F3N4O3S/c1-31(29)10-6-14(7-11-31)19(28)27-9-8-26(20-24-18(17(22)23)30-25-20)12-16(27)13-2-4-15(21)5-3-13/h2-5,14,16-17H,1,6-12H2. The van der Waals surface area contributed by atoms with Crippen molar-refractivity contribution in [2.75, 3.05) is 36.0 Å². The van der Waals surface area contributed by atoms with Crippen molar-refractivity contribution in [1.82, 2.24) is 15.0 Å². The lowest BCUT2D eigenvalue weighted by Gasteiger charge is -2.43. The minimum absolute atomic E-state index is 0.0315. The number of amides is 1. The van der Waals surface area contributed by atoms with Gasteiger partial charge < -0.3 is 14.3 Å². The average molecular weight is 456 g/mol. The molecule has 1 unspecified atom stereocenters. The molecule has 7 nitrogen and oxygen atoms in total. The van der Waals surface area contributed by atoms with Gasteiger partial charge in [0.2, 0.25) is 5.91 Å². The summed E-state index contributed by atoms with van der Waals surface area (Å²) in [4.78, 5) is 20.5. The summed E-state index contributed by atoms with van der Waals surface area (Å²) in [7, 11) is -2.11. The summed E-state index contributed by atoms with van der Waals surface area (Å²) in [5.41, 5.74) is 0.716. The highest BCUT2D eigenvalue weighted by Crippen LogP contribution is 2.32. The lowest BCUT2D eigenvalue weighted by atomic mass is 9.96. The summed E-state index contributed by atoms with van der Waals surface area (Å²) in [6.45, 7) is 0.901. The molecule has 0 bridgehead atoms. The molecule has 31 heavy (non-hydrogen) atoms. The molecule has 0 aliphatic carbocycles. The summed E-state index contributed by atoms with van der Waals surface area (Å²) in [6.07, 6.45) is -1.84. The summed E-state index contributed by atoms with van der Waals surface area (Å²) >= 11 is 0. The average Bonchev–Trinajstić information content (AvgIpc) is 3.24. The van der Waals surface area contributed by atoms with Crippen LogP contribution in [0.2, 0.25) is 0 Å². The van der Waals surface area contributed by atoms with Crippen LogP contribution >= 0.6 is 0 Å². The molecule has 11 heteroatoms. The lowest BCUT2D eigenvalue weighted by Crippen LogP contribution is -2.53. The van der Waals surface area contributed by atoms with E-state index in [0.717, 1.165) is 0 Å². The van der Waals surface area contributed by atoms with Gasteiger partial charge in [0.1, 0.15) is 5.82 Å². The number of anilines is 1. The van der Waals surface area contributed by atoms with Crippen molar-refractivity contribution in [3.63, 3.8) is 0 Å². The summed E-state index contributed by atoms with van der Waals surface area (Å²) in [6, 6.07) is 5.40. The van der Waals surface area contributed by atoms with Crippen molar-refractivity contribution in [1.29, 1.82) is 0 Å². The molecular weight excluding hydrogens is 433 g/mol. The van der Waals surface area contributed by atoms with Crippen LogP contribution in [-0.2, 0) is 14.3 Å². The quantitative estimate of drug-likeness (QED) is 0.659. The molecule has 0 saturated carbocycles. The minimum atomic E-state index is -2.87. The Morgan fingerprint density at radius 3 is 2.48 bits per heavy atom. The molecule has 1 aromatic heterocycles. The van der Waals surface area contributed by atoms with Crippen LogP contribution in [0.25, 0.3) is 0 Å². The second-order valence-corrected chi connectivity index (χ2v) is 10.7. The zero-order valence-corrected chi connectivity index (χ0v) is 17.6. The Morgan fingerprint density at radius 1 is 1.19 bits per heavy atom. The Hall–Kier alpha value is -2.56. The predicted octanol–water partition coefficient (Wildman–Crippen LogP) is 2.66. The maximum Gasteiger partial charge on any atom is 0.316 e. The number of benzene rings is 1. The van der Waals surface area contributed by atoms with Gasteiger partial charge in [-0.25, -0.2) is 4.39 Å². The third kappa shape index (κ3) is 4.70. The first kappa shape index (κ1) is 21.7. The molecule has 1 amide bonds. The van der Waals surface area contributed by atoms with Crippen LogP contribution < -0.4 is 4.90 Å². The van der Waals surface area contributed by atoms with Crippen LogP contribution in [-0.4, -0.2) is 62.2 Å². The molecule has 4 rings (SSSR count). The topological polar surface area (TPSA) is 79.5 Å². The number of carbonyl (C=O) groups is 1. The highest BCUT2D eigenvalue weighted by molar-refractivity contribution is 8.00. The summed E-state index contributed by atoms with van der Waals surface area (Å²) in [5.74, 6) is 3.17. The van der Waals surface area contributed by atoms with Crippen molar-refractivity contribution in [2.24, 2.45) is 5.92 Å². The molecule has 1 aromatic carbocycles. The van der Waals surface area contributed by atoms with Gasteiger partial charge in [-0.05, 0) is 51.1 Å². The lowest BCUT2D eigenvalue weighted by molar-refractivity contribution is -0.138. The summed E-state index contributed by atoms with van der Waals surface area (Å²) in [5, 5.41) is 3.64. The molecular formula is C20H23F3N4O3S. The fourth-order valence-electron chi connectivity index (χ4n) is 4.08. The second-order valence-electron chi connectivity index (χ2n) is 7.93. The number of aromatic nitrogens is 2. The normalized spacial score (nSPS) is 27.0. The smallest absolute Gasteiger partial charge is 0.316 e. The minimum Gasteiger partial charge on any atom is -0.334 e. The maximum absolute atomic E-state index is 13.5. The Morgan fingerprint density at radius 2 is 1.87 bits per heavy atom. The third-order valence-corrected chi connectivity index (χ3v) is 7.80. The molecule has 2 saturated heterocycles. The zero-order valence-electron chi connectivity index (χ0n) is 16.8. The first-order chi connectivity index (χ1) is 14.7. The molecule has 3 heterocycles. The molecule has 2 aliphatic rings. The Labute approximate surface area is 178 Å². The van der Waals surface area contributed by atoms with Crippen molar-refractivity contribution >= 4 is 27.2 Å². The number of hydrogen-bond donors (Lipinski definition) is 0. The van der Waals surface area contributed by atoms with Gasteiger partial charge in [0, 0.05) is 37.1 Å². The number of nitrogens with zero attached hydrogens (tertiary/aromatic N) is 4. The number of halogens is 3. The number of carbonyl (C=O) groups excluding carboxylic acids is 1. The first-order valence-corrected chi connectivity index (χ1v) is 12.1. The Kier molecular flexibility index (Phi) is 5.96. The number of piperazine rings is 1. The second kappa shape index (κ2) is 8.52. The van der Waals surface area contributed by atoms with E-state index < -0.39 is 33.7 Å². The molecule has 2 aromatic rings. The predicted molar refractivity (Wildman–Crippen MR) is 110 cm³/mol. The van der Waals surface area contributed by atoms with Gasteiger partial charge in [-0.3, -0.25) is 9.00 Å². The molecule has 0 spiro atoms. The van der Waals surface area contributed by atoms with Gasteiger partial charge in [-0.1, -0.05) is 12.1 Å². The van der Waals surface area contributed by atoms with E-state index in [-0.39, 0.29) is 24.3 Å². The van der Waals surface area contributed by atoms with E-state index >= 15 is 0 Å². The first-order valence-electron chi connectivity index (χ1n) is 9.99. The van der Waals surface area contributed by atoms with E-state index in [0.29, 0.717) is 43.0 Å². The van der Waals surface area contributed by atoms with Crippen molar-refractivity contribution in [2.45, 2.75) is 25.3 Å². The van der Waals surface area contributed by atoms with E-state index in [2.05, 4.69) is 20.5 Å². The van der Waals surface area contributed by atoms with Crippen LogP contribution in [0, 0.1) is 11.7 Å². The van der Waals surface area contributed by atoms with Gasteiger partial charge in [-0.2, -0.15) is 13.8 Å². The molecule has 2 aliphatic heterocycles. The van der Waals surface area contributed by atoms with Crippen molar-refractivity contribution in [3.05, 3.63) is 41.5 Å².